The highest BCUT2D eigenvalue weighted by atomic mass is 16.6. The maximum absolute atomic E-state index is 12.7. The van der Waals surface area contributed by atoms with E-state index in [9.17, 15) is 9.59 Å². The molecule has 0 fully saturated rings. The second-order valence-electron chi connectivity index (χ2n) is 14.9. The first-order valence-electron chi connectivity index (χ1n) is 24.0. The summed E-state index contributed by atoms with van der Waals surface area (Å²) < 4.78 is 17.2. The van der Waals surface area contributed by atoms with Crippen molar-refractivity contribution >= 4 is 11.9 Å². The SMILES string of the molecule is CC/C=C\C/C=C\C/C=C\C/C=C\C/C=C\C/C=C\CCC(=O)OCC(COCCCCCC/C=C\C/C=C\C/C=C\CC)OC(=O)CC/C=C\C/C=C\C/C=C\C/C=C\CC. The highest BCUT2D eigenvalue weighted by Crippen LogP contribution is 2.08. The smallest absolute Gasteiger partial charge is 0.306 e. The molecule has 0 aromatic carbocycles. The Bertz CT molecular complexity index is 1420. The fourth-order valence-electron chi connectivity index (χ4n) is 5.62. The van der Waals surface area contributed by atoms with E-state index in [-0.39, 0.29) is 38.0 Å². The Balaban J connectivity index is 4.54. The highest BCUT2D eigenvalue weighted by molar-refractivity contribution is 5.70. The van der Waals surface area contributed by atoms with Gasteiger partial charge in [0.1, 0.15) is 6.61 Å². The predicted octanol–water partition coefficient (Wildman–Crippen LogP) is 16.3. The van der Waals surface area contributed by atoms with Crippen molar-refractivity contribution in [1.82, 2.24) is 0 Å². The third kappa shape index (κ3) is 48.2. The van der Waals surface area contributed by atoms with Gasteiger partial charge in [0.25, 0.3) is 0 Å². The van der Waals surface area contributed by atoms with Gasteiger partial charge in [-0.1, -0.05) is 192 Å². The minimum absolute atomic E-state index is 0.00470. The molecule has 62 heavy (non-hydrogen) atoms. The van der Waals surface area contributed by atoms with E-state index in [1.165, 1.54) is 0 Å². The zero-order chi connectivity index (χ0) is 44.9. The number of hydrogen-bond donors (Lipinski definition) is 0. The number of ether oxygens (including phenoxy) is 3. The average molecular weight is 851 g/mol. The lowest BCUT2D eigenvalue weighted by Gasteiger charge is -2.18. The van der Waals surface area contributed by atoms with E-state index in [4.69, 9.17) is 14.2 Å². The molecule has 5 heteroatoms. The summed E-state index contributed by atoms with van der Waals surface area (Å²) in [6.07, 6.45) is 75.6. The molecule has 1 unspecified atom stereocenters. The summed E-state index contributed by atoms with van der Waals surface area (Å²) in [5.74, 6) is -0.619. The first-order valence-corrected chi connectivity index (χ1v) is 24.0. The molecule has 0 heterocycles. The molecule has 0 amide bonds. The van der Waals surface area contributed by atoms with E-state index in [2.05, 4.69) is 167 Å². The van der Waals surface area contributed by atoms with Crippen LogP contribution in [0, 0.1) is 0 Å². The molecule has 0 aromatic heterocycles. The van der Waals surface area contributed by atoms with Gasteiger partial charge in [-0.05, 0) is 116 Å². The Labute approximate surface area is 380 Å². The summed E-state index contributed by atoms with van der Waals surface area (Å²) in [5, 5.41) is 0. The molecule has 0 bridgehead atoms. The van der Waals surface area contributed by atoms with Crippen molar-refractivity contribution in [1.29, 1.82) is 0 Å². The van der Waals surface area contributed by atoms with Crippen LogP contribution in [0.5, 0.6) is 0 Å². The van der Waals surface area contributed by atoms with Crippen LogP contribution in [-0.4, -0.2) is 37.9 Å². The molecule has 0 aliphatic carbocycles. The third-order valence-electron chi connectivity index (χ3n) is 9.07. The van der Waals surface area contributed by atoms with Crippen LogP contribution in [0.25, 0.3) is 0 Å². The molecule has 0 saturated carbocycles. The van der Waals surface area contributed by atoms with Crippen molar-refractivity contribution in [3.63, 3.8) is 0 Å². The van der Waals surface area contributed by atoms with Crippen LogP contribution in [-0.2, 0) is 23.8 Å². The van der Waals surface area contributed by atoms with Crippen molar-refractivity contribution in [3.05, 3.63) is 158 Å². The quantitative estimate of drug-likeness (QED) is 0.0348. The molecule has 0 aliphatic rings. The van der Waals surface area contributed by atoms with Crippen LogP contribution in [0.3, 0.4) is 0 Å². The summed E-state index contributed by atoms with van der Waals surface area (Å²) >= 11 is 0. The first kappa shape index (κ1) is 57.5. The van der Waals surface area contributed by atoms with Crippen LogP contribution >= 0.6 is 0 Å². The van der Waals surface area contributed by atoms with Gasteiger partial charge < -0.3 is 14.2 Å². The lowest BCUT2D eigenvalue weighted by atomic mass is 10.1. The maximum Gasteiger partial charge on any atom is 0.306 e. The zero-order valence-corrected chi connectivity index (χ0v) is 39.3. The summed E-state index contributed by atoms with van der Waals surface area (Å²) in [5.41, 5.74) is 0. The fourth-order valence-corrected chi connectivity index (χ4v) is 5.62. The average Bonchev–Trinajstić information content (AvgIpc) is 3.27. The maximum atomic E-state index is 12.7. The zero-order valence-electron chi connectivity index (χ0n) is 39.3. The van der Waals surface area contributed by atoms with Crippen molar-refractivity contribution in [3.8, 4) is 0 Å². The lowest BCUT2D eigenvalue weighted by molar-refractivity contribution is -0.162. The molecule has 0 radical (unpaired) electrons. The second-order valence-corrected chi connectivity index (χ2v) is 14.9. The van der Waals surface area contributed by atoms with E-state index < -0.39 is 6.10 Å². The van der Waals surface area contributed by atoms with Crippen molar-refractivity contribution in [2.45, 2.75) is 168 Å². The summed E-state index contributed by atoms with van der Waals surface area (Å²) in [6.45, 7) is 7.23. The number of carbonyl (C=O) groups excluding carboxylic acids is 2. The van der Waals surface area contributed by atoms with E-state index in [0.717, 1.165) is 116 Å². The Morgan fingerprint density at radius 2 is 0.677 bits per heavy atom. The molecule has 0 N–H and O–H groups in total. The van der Waals surface area contributed by atoms with Gasteiger partial charge >= 0.3 is 11.9 Å². The molecule has 0 spiro atoms. The van der Waals surface area contributed by atoms with Crippen LogP contribution in [0.1, 0.15) is 162 Å². The predicted molar refractivity (Wildman–Crippen MR) is 269 cm³/mol. The number of unbranched alkanes of at least 4 members (excludes halogenated alkanes) is 4. The van der Waals surface area contributed by atoms with E-state index in [1.807, 2.05) is 12.2 Å². The molecule has 344 valence electrons. The van der Waals surface area contributed by atoms with Crippen molar-refractivity contribution < 1.29 is 23.8 Å². The van der Waals surface area contributed by atoms with Gasteiger partial charge in [0.15, 0.2) is 6.10 Å². The normalized spacial score (nSPS) is 13.7. The molecule has 1 atom stereocenters. The van der Waals surface area contributed by atoms with E-state index in [0.29, 0.717) is 19.4 Å². The number of hydrogen-bond acceptors (Lipinski definition) is 5. The van der Waals surface area contributed by atoms with Crippen LogP contribution < -0.4 is 0 Å². The Morgan fingerprint density at radius 3 is 1.06 bits per heavy atom. The first-order chi connectivity index (χ1) is 30.6. The monoisotopic (exact) mass is 851 g/mol. The van der Waals surface area contributed by atoms with Gasteiger partial charge in [-0.25, -0.2) is 0 Å². The standard InChI is InChI=1S/C57H86O5/c1-4-7-10-13-16-19-22-25-27-28-29-30-31-33-35-38-41-44-47-50-56(58)61-54-55(53-60-52-49-46-43-40-37-34-26-23-20-17-14-11-8-5-2)62-57(59)51-48-45-42-39-36-32-24-21-18-15-12-9-6-3/h7-12,16-21,25-27,29-30,32-36,41-42,44-45,55H,4-6,13-15,22-24,28,31,37-40,43,46-54H2,1-3H3/b10-7-,11-8-,12-9-,19-16-,20-17-,21-18-,27-25-,30-29-,34-26-,35-33-,36-32-,44-41-,45-42-. The molecule has 5 nitrogen and oxygen atoms in total. The third-order valence-corrected chi connectivity index (χ3v) is 9.07. The summed E-state index contributed by atoms with van der Waals surface area (Å²) in [6, 6.07) is 0. The Morgan fingerprint density at radius 1 is 0.355 bits per heavy atom. The molecule has 0 saturated heterocycles. The molecule has 0 aromatic rings. The Kier molecular flexibility index (Phi) is 47.2. The largest absolute Gasteiger partial charge is 0.462 e. The number of carbonyl (C=O) groups is 2. The van der Waals surface area contributed by atoms with Crippen LogP contribution in [0.2, 0.25) is 0 Å². The lowest BCUT2D eigenvalue weighted by Crippen LogP contribution is -2.30. The van der Waals surface area contributed by atoms with Crippen molar-refractivity contribution in [2.24, 2.45) is 0 Å². The van der Waals surface area contributed by atoms with Crippen molar-refractivity contribution in [2.75, 3.05) is 19.8 Å². The van der Waals surface area contributed by atoms with Gasteiger partial charge in [0.05, 0.1) is 6.61 Å². The number of esters is 2. The summed E-state index contributed by atoms with van der Waals surface area (Å²) in [4.78, 5) is 25.3. The van der Waals surface area contributed by atoms with Gasteiger partial charge in [0, 0.05) is 19.4 Å². The minimum Gasteiger partial charge on any atom is -0.462 e. The van der Waals surface area contributed by atoms with Gasteiger partial charge in [0.2, 0.25) is 0 Å². The van der Waals surface area contributed by atoms with Gasteiger partial charge in [-0.2, -0.15) is 0 Å². The minimum atomic E-state index is -0.628. The second kappa shape index (κ2) is 50.9. The molecule has 0 rings (SSSR count). The fraction of sp³-hybridized carbons (Fsp3) is 0.509. The Hall–Kier alpha value is -4.48. The van der Waals surface area contributed by atoms with Gasteiger partial charge in [-0.3, -0.25) is 9.59 Å². The van der Waals surface area contributed by atoms with Gasteiger partial charge in [-0.15, -0.1) is 0 Å². The highest BCUT2D eigenvalue weighted by Gasteiger charge is 2.17. The molecular weight excluding hydrogens is 765 g/mol. The van der Waals surface area contributed by atoms with E-state index >= 15 is 0 Å². The molecular formula is C57H86O5. The number of rotatable bonds is 41. The summed E-state index contributed by atoms with van der Waals surface area (Å²) in [7, 11) is 0. The number of allylic oxidation sites excluding steroid dienone is 26. The van der Waals surface area contributed by atoms with E-state index in [1.54, 1.807) is 0 Å². The topological polar surface area (TPSA) is 61.8 Å². The van der Waals surface area contributed by atoms with Crippen LogP contribution in [0.15, 0.2) is 158 Å². The van der Waals surface area contributed by atoms with Crippen LogP contribution in [0.4, 0.5) is 0 Å². The molecule has 0 aliphatic heterocycles.